The minimum atomic E-state index is -0.115. The summed E-state index contributed by atoms with van der Waals surface area (Å²) in [6, 6.07) is 6.13. The maximum Gasteiger partial charge on any atom is 0.257 e. The van der Waals surface area contributed by atoms with E-state index in [1.807, 2.05) is 32.1 Å². The molecule has 0 radical (unpaired) electrons. The first-order valence-corrected chi connectivity index (χ1v) is 6.55. The van der Waals surface area contributed by atoms with Crippen LogP contribution in [-0.4, -0.2) is 17.7 Å². The fraction of sp³-hybridized carbons (Fsp3) is 0.231. The van der Waals surface area contributed by atoms with Gasteiger partial charge in [-0.25, -0.2) is 0 Å². The van der Waals surface area contributed by atoms with E-state index in [9.17, 15) is 4.79 Å². The number of benzene rings is 1. The summed E-state index contributed by atoms with van der Waals surface area (Å²) in [6.45, 7) is 4.08. The lowest BCUT2D eigenvalue weighted by molar-refractivity contribution is -0.116. The van der Waals surface area contributed by atoms with Crippen LogP contribution in [0, 0.1) is 13.8 Å². The molecule has 2 nitrogen and oxygen atoms in total. The van der Waals surface area contributed by atoms with Gasteiger partial charge in [0.25, 0.3) is 5.91 Å². The van der Waals surface area contributed by atoms with Gasteiger partial charge in [0.2, 0.25) is 0 Å². The Kier molecular flexibility index (Phi) is 5.38. The number of hydrogen-bond donors (Lipinski definition) is 1. The zero-order valence-corrected chi connectivity index (χ0v) is 11.7. The van der Waals surface area contributed by atoms with Crippen molar-refractivity contribution < 1.29 is 4.79 Å². The molecule has 17 heavy (non-hydrogen) atoms. The second kappa shape index (κ2) is 6.57. The van der Waals surface area contributed by atoms with E-state index in [-0.39, 0.29) is 5.91 Å². The standard InChI is InChI=1S/C13H15NOS2/c1-9-4-5-11(10(2)6-9)7-12(17-8-16)13(15)14-3/h4-8H,1-3H3,(H,14,15)/b12-7-. The van der Waals surface area contributed by atoms with E-state index in [0.29, 0.717) is 4.91 Å². The Balaban J connectivity index is 3.12. The van der Waals surface area contributed by atoms with Crippen molar-refractivity contribution >= 4 is 40.7 Å². The maximum atomic E-state index is 11.6. The van der Waals surface area contributed by atoms with Crippen LogP contribution in [0.4, 0.5) is 0 Å². The maximum absolute atomic E-state index is 11.6. The van der Waals surface area contributed by atoms with E-state index in [0.717, 1.165) is 11.1 Å². The highest BCUT2D eigenvalue weighted by Crippen LogP contribution is 2.20. The molecule has 1 amide bonds. The Morgan fingerprint density at radius 3 is 2.65 bits per heavy atom. The summed E-state index contributed by atoms with van der Waals surface area (Å²) in [5.41, 5.74) is 3.40. The number of carbonyl (C=O) groups is 1. The lowest BCUT2D eigenvalue weighted by atomic mass is 10.1. The van der Waals surface area contributed by atoms with E-state index in [2.05, 4.69) is 11.4 Å². The van der Waals surface area contributed by atoms with Crippen molar-refractivity contribution in [3.8, 4) is 0 Å². The molecule has 0 aliphatic heterocycles. The second-order valence-corrected chi connectivity index (χ2v) is 5.11. The zero-order chi connectivity index (χ0) is 12.8. The predicted molar refractivity (Wildman–Crippen MR) is 79.2 cm³/mol. The molecular formula is C13H15NOS2. The van der Waals surface area contributed by atoms with Gasteiger partial charge in [-0.05, 0) is 31.1 Å². The molecule has 0 unspecified atom stereocenters. The minimum Gasteiger partial charge on any atom is -0.355 e. The first-order valence-electron chi connectivity index (χ1n) is 5.20. The molecule has 0 aliphatic rings. The highest BCUT2D eigenvalue weighted by molar-refractivity contribution is 8.24. The normalized spacial score (nSPS) is 11.1. The largest absolute Gasteiger partial charge is 0.355 e. The van der Waals surface area contributed by atoms with Crippen LogP contribution in [-0.2, 0) is 4.79 Å². The average molecular weight is 265 g/mol. The van der Waals surface area contributed by atoms with Crippen molar-refractivity contribution in [1.82, 2.24) is 5.32 Å². The number of amides is 1. The molecule has 0 aromatic heterocycles. The Bertz CT molecular complexity index is 466. The quantitative estimate of drug-likeness (QED) is 0.670. The SMILES string of the molecule is CNC(=O)/C(=C/c1ccc(C)cc1C)SC=S. The molecule has 0 fully saturated rings. The molecule has 0 aliphatic carbocycles. The third kappa shape index (κ3) is 3.98. The number of hydrogen-bond acceptors (Lipinski definition) is 3. The number of likely N-dealkylation sites (N-methyl/N-ethyl adjacent to an activating group) is 1. The fourth-order valence-electron chi connectivity index (χ4n) is 1.46. The van der Waals surface area contributed by atoms with Crippen LogP contribution < -0.4 is 5.32 Å². The molecule has 1 aromatic rings. The van der Waals surface area contributed by atoms with Crippen LogP contribution in [0.2, 0.25) is 0 Å². The lowest BCUT2D eigenvalue weighted by Gasteiger charge is -2.05. The fourth-order valence-corrected chi connectivity index (χ4v) is 2.28. The molecule has 90 valence electrons. The Hall–Kier alpha value is -1.13. The Labute approximate surface area is 111 Å². The van der Waals surface area contributed by atoms with Crippen molar-refractivity contribution in [1.29, 1.82) is 0 Å². The molecular weight excluding hydrogens is 250 g/mol. The van der Waals surface area contributed by atoms with E-state index >= 15 is 0 Å². The van der Waals surface area contributed by atoms with Gasteiger partial charge in [0.1, 0.15) is 0 Å². The van der Waals surface area contributed by atoms with Crippen molar-refractivity contribution in [3.05, 3.63) is 39.8 Å². The van der Waals surface area contributed by atoms with Crippen molar-refractivity contribution in [2.45, 2.75) is 13.8 Å². The third-order valence-electron chi connectivity index (χ3n) is 2.34. The number of aryl methyl sites for hydroxylation is 2. The number of nitrogens with one attached hydrogen (secondary N) is 1. The summed E-state index contributed by atoms with van der Waals surface area (Å²) in [5.74, 6) is -0.115. The zero-order valence-electron chi connectivity index (χ0n) is 10.1. The van der Waals surface area contributed by atoms with Crippen LogP contribution in [0.15, 0.2) is 23.1 Å². The van der Waals surface area contributed by atoms with Crippen LogP contribution in [0.3, 0.4) is 0 Å². The van der Waals surface area contributed by atoms with E-state index < -0.39 is 0 Å². The van der Waals surface area contributed by atoms with Crippen LogP contribution in [0.5, 0.6) is 0 Å². The van der Waals surface area contributed by atoms with Gasteiger partial charge in [0, 0.05) is 11.7 Å². The molecule has 0 saturated heterocycles. The van der Waals surface area contributed by atoms with Crippen molar-refractivity contribution in [2.24, 2.45) is 0 Å². The molecule has 4 heteroatoms. The van der Waals surface area contributed by atoms with Crippen LogP contribution in [0.25, 0.3) is 6.08 Å². The topological polar surface area (TPSA) is 29.1 Å². The average Bonchev–Trinajstić information content (AvgIpc) is 2.30. The van der Waals surface area contributed by atoms with Crippen molar-refractivity contribution in [3.63, 3.8) is 0 Å². The van der Waals surface area contributed by atoms with Gasteiger partial charge in [0.05, 0.1) is 4.91 Å². The summed E-state index contributed by atoms with van der Waals surface area (Å²) in [4.78, 5) is 12.2. The molecule has 0 atom stereocenters. The van der Waals surface area contributed by atoms with Gasteiger partial charge in [0.15, 0.2) is 0 Å². The highest BCUT2D eigenvalue weighted by atomic mass is 32.2. The summed E-state index contributed by atoms with van der Waals surface area (Å²) in [7, 11) is 1.61. The summed E-state index contributed by atoms with van der Waals surface area (Å²) < 4.78 is 1.49. The lowest BCUT2D eigenvalue weighted by Crippen LogP contribution is -2.18. The molecule has 1 N–H and O–H groups in total. The number of rotatable bonds is 4. The van der Waals surface area contributed by atoms with Crippen LogP contribution in [0.1, 0.15) is 16.7 Å². The smallest absolute Gasteiger partial charge is 0.257 e. The molecule has 1 aromatic carbocycles. The summed E-state index contributed by atoms with van der Waals surface area (Å²) in [5, 5.41) is 2.61. The van der Waals surface area contributed by atoms with E-state index in [1.165, 1.54) is 22.0 Å². The molecule has 0 heterocycles. The first kappa shape index (κ1) is 13.9. The minimum absolute atomic E-state index is 0.115. The van der Waals surface area contributed by atoms with Gasteiger partial charge in [-0.3, -0.25) is 4.79 Å². The van der Waals surface area contributed by atoms with E-state index in [4.69, 9.17) is 12.2 Å². The second-order valence-electron chi connectivity index (χ2n) is 3.66. The Morgan fingerprint density at radius 2 is 2.12 bits per heavy atom. The number of thioether (sulfide) groups is 1. The molecule has 0 spiro atoms. The highest BCUT2D eigenvalue weighted by Gasteiger charge is 2.07. The summed E-state index contributed by atoms with van der Waals surface area (Å²) in [6.07, 6.45) is 1.86. The number of thiocarbonyl (C=S) groups is 1. The van der Waals surface area contributed by atoms with Crippen molar-refractivity contribution in [2.75, 3.05) is 7.05 Å². The predicted octanol–water partition coefficient (Wildman–Crippen LogP) is 3.08. The monoisotopic (exact) mass is 265 g/mol. The number of carbonyl (C=O) groups excluding carboxylic acids is 1. The van der Waals surface area contributed by atoms with Gasteiger partial charge in [-0.1, -0.05) is 47.7 Å². The Morgan fingerprint density at radius 1 is 1.41 bits per heavy atom. The van der Waals surface area contributed by atoms with Gasteiger partial charge >= 0.3 is 0 Å². The van der Waals surface area contributed by atoms with E-state index in [1.54, 1.807) is 7.05 Å². The molecule has 0 saturated carbocycles. The molecule has 0 bridgehead atoms. The van der Waals surface area contributed by atoms with Gasteiger partial charge in [-0.15, -0.1) is 0 Å². The molecule has 1 rings (SSSR count). The third-order valence-corrected chi connectivity index (χ3v) is 3.28. The summed E-state index contributed by atoms with van der Waals surface area (Å²) >= 11 is 6.04. The first-order chi connectivity index (χ1) is 8.08. The van der Waals surface area contributed by atoms with Gasteiger partial charge < -0.3 is 5.32 Å². The van der Waals surface area contributed by atoms with Crippen LogP contribution >= 0.6 is 24.0 Å². The van der Waals surface area contributed by atoms with Gasteiger partial charge in [-0.2, -0.15) is 0 Å².